The van der Waals surface area contributed by atoms with E-state index in [-0.39, 0.29) is 19.1 Å². The van der Waals surface area contributed by atoms with Crippen LogP contribution < -0.4 is 10.2 Å². The Bertz CT molecular complexity index is 1230. The predicted octanol–water partition coefficient (Wildman–Crippen LogP) is 12.7. The summed E-state index contributed by atoms with van der Waals surface area (Å²) >= 11 is 0. The third kappa shape index (κ3) is 43.6. The molecular formula is C50H89N2O6P. The van der Waals surface area contributed by atoms with Crippen LogP contribution in [0.1, 0.15) is 174 Å². The van der Waals surface area contributed by atoms with E-state index in [2.05, 4.69) is 104 Å². The van der Waals surface area contributed by atoms with E-state index in [1.165, 1.54) is 51.4 Å². The summed E-state index contributed by atoms with van der Waals surface area (Å²) in [6.45, 7) is 4.53. The van der Waals surface area contributed by atoms with Crippen molar-refractivity contribution in [1.82, 2.24) is 5.32 Å². The number of aliphatic hydroxyl groups excluding tert-OH is 1. The lowest BCUT2D eigenvalue weighted by Gasteiger charge is -2.30. The highest BCUT2D eigenvalue weighted by Crippen LogP contribution is 2.38. The van der Waals surface area contributed by atoms with Gasteiger partial charge >= 0.3 is 0 Å². The van der Waals surface area contributed by atoms with Crippen molar-refractivity contribution in [3.8, 4) is 0 Å². The first kappa shape index (κ1) is 56.7. The van der Waals surface area contributed by atoms with Gasteiger partial charge in [-0.1, -0.05) is 182 Å². The number of unbranched alkanes of at least 4 members (excludes halogenated alkanes) is 14. The van der Waals surface area contributed by atoms with Crippen LogP contribution in [-0.2, 0) is 18.4 Å². The van der Waals surface area contributed by atoms with Crippen molar-refractivity contribution in [2.45, 2.75) is 187 Å². The number of carbonyl (C=O) groups excluding carboxylic acids is 1. The molecule has 0 saturated heterocycles. The summed E-state index contributed by atoms with van der Waals surface area (Å²) in [6, 6.07) is -0.809. The van der Waals surface area contributed by atoms with Crippen molar-refractivity contribution in [2.75, 3.05) is 40.9 Å². The van der Waals surface area contributed by atoms with Gasteiger partial charge in [-0.2, -0.15) is 0 Å². The summed E-state index contributed by atoms with van der Waals surface area (Å²) in [6.07, 6.45) is 56.1. The Morgan fingerprint density at radius 1 is 0.610 bits per heavy atom. The average molecular weight is 845 g/mol. The number of aliphatic hydroxyl groups is 1. The summed E-state index contributed by atoms with van der Waals surface area (Å²) in [5.41, 5.74) is 0. The minimum atomic E-state index is -4.57. The van der Waals surface area contributed by atoms with E-state index in [0.29, 0.717) is 23.9 Å². The summed E-state index contributed by atoms with van der Waals surface area (Å²) in [5, 5.41) is 13.8. The second kappa shape index (κ2) is 41.1. The highest BCUT2D eigenvalue weighted by molar-refractivity contribution is 7.45. The molecule has 8 nitrogen and oxygen atoms in total. The minimum Gasteiger partial charge on any atom is -0.756 e. The molecule has 0 bridgehead atoms. The van der Waals surface area contributed by atoms with E-state index in [0.717, 1.165) is 96.3 Å². The lowest BCUT2D eigenvalue weighted by Crippen LogP contribution is -2.46. The Morgan fingerprint density at radius 2 is 1.03 bits per heavy atom. The number of phosphoric ester groups is 1. The molecule has 0 radical (unpaired) electrons. The molecule has 0 heterocycles. The molecule has 3 atom stereocenters. The van der Waals surface area contributed by atoms with Crippen LogP contribution in [0.4, 0.5) is 0 Å². The maximum atomic E-state index is 12.8. The van der Waals surface area contributed by atoms with Crippen LogP contribution in [0.15, 0.2) is 85.1 Å². The number of rotatable bonds is 41. The van der Waals surface area contributed by atoms with Crippen LogP contribution in [0, 0.1) is 0 Å². The number of hydrogen-bond acceptors (Lipinski definition) is 6. The molecular weight excluding hydrogens is 756 g/mol. The highest BCUT2D eigenvalue weighted by atomic mass is 31.2. The zero-order valence-electron chi connectivity index (χ0n) is 38.4. The van der Waals surface area contributed by atoms with Gasteiger partial charge in [0.25, 0.3) is 7.82 Å². The van der Waals surface area contributed by atoms with Gasteiger partial charge < -0.3 is 28.8 Å². The van der Waals surface area contributed by atoms with Crippen molar-refractivity contribution in [1.29, 1.82) is 0 Å². The van der Waals surface area contributed by atoms with Crippen molar-refractivity contribution in [3.63, 3.8) is 0 Å². The summed E-state index contributed by atoms with van der Waals surface area (Å²) in [7, 11) is 1.28. The second-order valence-corrected chi connectivity index (χ2v) is 18.1. The number of carbonyl (C=O) groups is 1. The molecule has 0 aliphatic rings. The molecule has 0 rings (SSSR count). The van der Waals surface area contributed by atoms with Gasteiger partial charge in [-0.3, -0.25) is 9.36 Å². The van der Waals surface area contributed by atoms with E-state index < -0.39 is 20.0 Å². The number of nitrogens with zero attached hydrogens (tertiary/aromatic N) is 1. The SMILES string of the molecule is CC/C=C\C/C=C\C/C=C\C/C=C\C/C=C\C/C=C\C/C=C\CCCCCCCCCC(=O)NC(COP(=O)([O-])OCC[N+](C)(C)C)C(O)CCCCCCCCCC. The standard InChI is InChI=1S/C50H89N2O6P/c1-6-8-10-12-14-16-17-18-19-20-21-22-23-24-25-26-27-28-29-30-31-32-33-34-35-36-38-40-42-44-50(54)51-48(47-58-59(55,56)57-46-45-52(3,4)5)49(53)43-41-39-37-15-13-11-9-7-2/h8,10,14,16,18-19,21-22,24-25,27-28,30-31,48-49,53H,6-7,9,11-13,15,17,20,23,26,29,32-47H2,1-5H3,(H-,51,54,55,56)/b10-8-,16-14-,19-18-,22-21-,25-24-,28-27-,31-30-. The molecule has 0 aliphatic carbocycles. The van der Waals surface area contributed by atoms with Crippen LogP contribution in [0.2, 0.25) is 0 Å². The first-order chi connectivity index (χ1) is 28.5. The molecule has 0 spiro atoms. The molecule has 3 unspecified atom stereocenters. The third-order valence-corrected chi connectivity index (χ3v) is 10.9. The molecule has 0 fully saturated rings. The Morgan fingerprint density at radius 3 is 1.51 bits per heavy atom. The largest absolute Gasteiger partial charge is 0.756 e. The highest BCUT2D eigenvalue weighted by Gasteiger charge is 2.24. The number of nitrogens with one attached hydrogen (secondary N) is 1. The monoisotopic (exact) mass is 845 g/mol. The lowest BCUT2D eigenvalue weighted by molar-refractivity contribution is -0.870. The zero-order valence-corrected chi connectivity index (χ0v) is 39.3. The topological polar surface area (TPSA) is 108 Å². The Balaban J connectivity index is 4.17. The molecule has 59 heavy (non-hydrogen) atoms. The fraction of sp³-hybridized carbons (Fsp3) is 0.700. The molecule has 0 aromatic rings. The molecule has 0 aromatic carbocycles. The number of amides is 1. The average Bonchev–Trinajstić information content (AvgIpc) is 3.19. The van der Waals surface area contributed by atoms with Crippen LogP contribution in [0.5, 0.6) is 0 Å². The van der Waals surface area contributed by atoms with Crippen molar-refractivity contribution in [3.05, 3.63) is 85.1 Å². The van der Waals surface area contributed by atoms with Crippen LogP contribution in [0.3, 0.4) is 0 Å². The van der Waals surface area contributed by atoms with Crippen molar-refractivity contribution in [2.24, 2.45) is 0 Å². The van der Waals surface area contributed by atoms with Crippen LogP contribution >= 0.6 is 7.82 Å². The number of hydrogen-bond donors (Lipinski definition) is 2. The number of allylic oxidation sites excluding steroid dienone is 14. The van der Waals surface area contributed by atoms with Crippen LogP contribution in [0.25, 0.3) is 0 Å². The van der Waals surface area contributed by atoms with Gasteiger partial charge in [-0.25, -0.2) is 0 Å². The summed E-state index contributed by atoms with van der Waals surface area (Å²) < 4.78 is 23.2. The van der Waals surface area contributed by atoms with Gasteiger partial charge in [-0.05, 0) is 70.6 Å². The normalized spacial score (nSPS) is 15.0. The second-order valence-electron chi connectivity index (χ2n) is 16.7. The quantitative estimate of drug-likeness (QED) is 0.0275. The first-order valence-electron chi connectivity index (χ1n) is 23.4. The number of phosphoric acid groups is 1. The van der Waals surface area contributed by atoms with Gasteiger partial charge in [0.15, 0.2) is 0 Å². The summed E-state index contributed by atoms with van der Waals surface area (Å²) in [5.74, 6) is -0.184. The molecule has 0 saturated carbocycles. The van der Waals surface area contributed by atoms with E-state index in [1.54, 1.807) is 0 Å². The van der Waals surface area contributed by atoms with Crippen molar-refractivity contribution >= 4 is 13.7 Å². The third-order valence-electron chi connectivity index (χ3n) is 9.90. The molecule has 340 valence electrons. The zero-order chi connectivity index (χ0) is 43.6. The summed E-state index contributed by atoms with van der Waals surface area (Å²) in [4.78, 5) is 25.3. The lowest BCUT2D eigenvalue weighted by atomic mass is 10.0. The van der Waals surface area contributed by atoms with Crippen LogP contribution in [-0.4, -0.2) is 68.5 Å². The van der Waals surface area contributed by atoms with Gasteiger partial charge in [-0.15, -0.1) is 0 Å². The molecule has 2 N–H and O–H groups in total. The van der Waals surface area contributed by atoms with Gasteiger partial charge in [0.05, 0.1) is 39.9 Å². The minimum absolute atomic E-state index is 0.00485. The van der Waals surface area contributed by atoms with Gasteiger partial charge in [0.2, 0.25) is 5.91 Å². The fourth-order valence-corrected chi connectivity index (χ4v) is 6.92. The van der Waals surface area contributed by atoms with E-state index in [4.69, 9.17) is 9.05 Å². The van der Waals surface area contributed by atoms with Crippen molar-refractivity contribution < 1.29 is 32.9 Å². The van der Waals surface area contributed by atoms with E-state index >= 15 is 0 Å². The Labute approximate surface area is 363 Å². The maximum absolute atomic E-state index is 12.8. The van der Waals surface area contributed by atoms with E-state index in [9.17, 15) is 19.4 Å². The van der Waals surface area contributed by atoms with Gasteiger partial charge in [0.1, 0.15) is 13.2 Å². The fourth-order valence-electron chi connectivity index (χ4n) is 6.19. The first-order valence-corrected chi connectivity index (χ1v) is 24.9. The Kier molecular flexibility index (Phi) is 39.4. The Hall–Kier alpha value is -2.32. The van der Waals surface area contributed by atoms with E-state index in [1.807, 2.05) is 21.1 Å². The maximum Gasteiger partial charge on any atom is 0.268 e. The molecule has 0 aliphatic heterocycles. The molecule has 1 amide bonds. The predicted molar refractivity (Wildman–Crippen MR) is 251 cm³/mol. The molecule has 9 heteroatoms. The van der Waals surface area contributed by atoms with Gasteiger partial charge in [0, 0.05) is 6.42 Å². The number of likely N-dealkylation sites (N-methyl/N-ethyl adjacent to an activating group) is 1. The molecule has 0 aromatic heterocycles. The number of quaternary nitrogens is 1. The smallest absolute Gasteiger partial charge is 0.268 e.